The van der Waals surface area contributed by atoms with Crippen LogP contribution in [0.15, 0.2) is 23.1 Å². The minimum absolute atomic E-state index is 0.0842. The maximum absolute atomic E-state index is 12.4. The molecule has 0 saturated heterocycles. The maximum Gasteiger partial charge on any atom is 0.240 e. The Morgan fingerprint density at radius 2 is 1.95 bits per heavy atom. The van der Waals surface area contributed by atoms with Gasteiger partial charge in [0.25, 0.3) is 0 Å². The lowest BCUT2D eigenvalue weighted by molar-refractivity contribution is 0.408. The van der Waals surface area contributed by atoms with Gasteiger partial charge in [0.2, 0.25) is 10.0 Å². The summed E-state index contributed by atoms with van der Waals surface area (Å²) in [4.78, 5) is 0.334. The number of hydrogen-bond acceptors (Lipinski definition) is 3. The molecule has 1 aliphatic carbocycles. The van der Waals surface area contributed by atoms with Crippen molar-refractivity contribution in [2.45, 2.75) is 56.4 Å². The van der Waals surface area contributed by atoms with Gasteiger partial charge in [-0.3, -0.25) is 0 Å². The van der Waals surface area contributed by atoms with Gasteiger partial charge in [-0.15, -0.1) is 0 Å². The number of sulfonamides is 1. The molecule has 0 aromatic heterocycles. The highest BCUT2D eigenvalue weighted by molar-refractivity contribution is 7.89. The van der Waals surface area contributed by atoms with E-state index in [1.54, 1.807) is 25.3 Å². The van der Waals surface area contributed by atoms with Gasteiger partial charge < -0.3 is 4.74 Å². The van der Waals surface area contributed by atoms with Gasteiger partial charge in [0.1, 0.15) is 5.75 Å². The summed E-state index contributed by atoms with van der Waals surface area (Å²) in [5.41, 5.74) is 0.916. The van der Waals surface area contributed by atoms with Crippen LogP contribution in [-0.4, -0.2) is 21.6 Å². The van der Waals surface area contributed by atoms with E-state index in [-0.39, 0.29) is 6.04 Å². The first-order chi connectivity index (χ1) is 9.56. The zero-order valence-electron chi connectivity index (χ0n) is 12.2. The first-order valence-corrected chi connectivity index (χ1v) is 8.74. The van der Waals surface area contributed by atoms with E-state index in [1.165, 1.54) is 6.42 Å². The topological polar surface area (TPSA) is 55.4 Å². The zero-order valence-corrected chi connectivity index (χ0v) is 13.0. The second-order valence-corrected chi connectivity index (χ2v) is 7.00. The molecule has 112 valence electrons. The number of hydrogen-bond donors (Lipinski definition) is 1. The van der Waals surface area contributed by atoms with Crippen LogP contribution in [0.2, 0.25) is 0 Å². The fourth-order valence-electron chi connectivity index (χ4n) is 2.71. The Balaban J connectivity index is 2.20. The van der Waals surface area contributed by atoms with Crippen LogP contribution < -0.4 is 9.46 Å². The van der Waals surface area contributed by atoms with Crippen molar-refractivity contribution in [2.75, 3.05) is 7.11 Å². The molecule has 0 spiro atoms. The van der Waals surface area contributed by atoms with Gasteiger partial charge in [-0.2, -0.15) is 0 Å². The fourth-order valence-corrected chi connectivity index (χ4v) is 4.06. The summed E-state index contributed by atoms with van der Waals surface area (Å²) in [6.45, 7) is 1.99. The van der Waals surface area contributed by atoms with Gasteiger partial charge in [-0.1, -0.05) is 26.2 Å². The molecule has 0 bridgehead atoms. The molecule has 20 heavy (non-hydrogen) atoms. The lowest BCUT2D eigenvalue weighted by Gasteiger charge is -2.22. The van der Waals surface area contributed by atoms with Gasteiger partial charge in [0.05, 0.1) is 12.0 Å². The molecule has 1 saturated carbocycles. The van der Waals surface area contributed by atoms with Crippen LogP contribution in [0, 0.1) is 0 Å². The van der Waals surface area contributed by atoms with Crippen LogP contribution in [0.4, 0.5) is 0 Å². The minimum Gasteiger partial charge on any atom is -0.496 e. The van der Waals surface area contributed by atoms with Gasteiger partial charge in [-0.25, -0.2) is 13.1 Å². The van der Waals surface area contributed by atoms with E-state index in [2.05, 4.69) is 4.72 Å². The lowest BCUT2D eigenvalue weighted by atomic mass is 9.96. The van der Waals surface area contributed by atoms with Crippen molar-refractivity contribution in [3.8, 4) is 5.75 Å². The molecule has 0 aliphatic heterocycles. The number of nitrogens with one attached hydrogen (secondary N) is 1. The second kappa shape index (κ2) is 6.59. The van der Waals surface area contributed by atoms with Gasteiger partial charge in [0, 0.05) is 6.04 Å². The molecule has 0 unspecified atom stereocenters. The van der Waals surface area contributed by atoms with Crippen LogP contribution in [0.3, 0.4) is 0 Å². The van der Waals surface area contributed by atoms with E-state index in [4.69, 9.17) is 4.74 Å². The maximum atomic E-state index is 12.4. The molecule has 4 nitrogen and oxygen atoms in total. The SMILES string of the molecule is CCc1cc(S(=O)(=O)NC2CCCCC2)ccc1OC. The molecule has 1 fully saturated rings. The van der Waals surface area contributed by atoms with Crippen LogP contribution in [0.25, 0.3) is 0 Å². The normalized spacial score (nSPS) is 17.1. The average Bonchev–Trinajstić information content (AvgIpc) is 2.47. The fraction of sp³-hybridized carbons (Fsp3) is 0.600. The monoisotopic (exact) mass is 297 g/mol. The summed E-state index contributed by atoms with van der Waals surface area (Å²) in [6.07, 6.45) is 6.05. The third-order valence-corrected chi connectivity index (χ3v) is 5.39. The molecule has 0 atom stereocenters. The van der Waals surface area contributed by atoms with Crippen molar-refractivity contribution in [3.05, 3.63) is 23.8 Å². The highest BCUT2D eigenvalue weighted by atomic mass is 32.2. The molecular weight excluding hydrogens is 274 g/mol. The van der Waals surface area contributed by atoms with Gasteiger partial charge >= 0.3 is 0 Å². The molecule has 1 N–H and O–H groups in total. The molecule has 1 aromatic rings. The summed E-state index contributed by atoms with van der Waals surface area (Å²) in [6, 6.07) is 5.14. The van der Waals surface area contributed by atoms with Crippen LogP contribution in [0.5, 0.6) is 5.75 Å². The summed E-state index contributed by atoms with van der Waals surface area (Å²) in [7, 11) is -1.82. The summed E-state index contributed by atoms with van der Waals surface area (Å²) >= 11 is 0. The Hall–Kier alpha value is -1.07. The summed E-state index contributed by atoms with van der Waals surface area (Å²) in [5, 5.41) is 0. The van der Waals surface area contributed by atoms with E-state index in [9.17, 15) is 8.42 Å². The number of methoxy groups -OCH3 is 1. The lowest BCUT2D eigenvalue weighted by Crippen LogP contribution is -2.36. The zero-order chi connectivity index (χ0) is 14.6. The summed E-state index contributed by atoms with van der Waals surface area (Å²) < 4.78 is 32.9. The first kappa shape index (κ1) is 15.3. The van der Waals surface area contributed by atoms with Crippen molar-refractivity contribution in [1.82, 2.24) is 4.72 Å². The van der Waals surface area contributed by atoms with E-state index in [0.717, 1.165) is 43.4 Å². The molecular formula is C15H23NO3S. The van der Waals surface area contributed by atoms with Crippen molar-refractivity contribution < 1.29 is 13.2 Å². The smallest absolute Gasteiger partial charge is 0.240 e. The Labute approximate surface area is 121 Å². The first-order valence-electron chi connectivity index (χ1n) is 7.26. The third kappa shape index (κ3) is 3.52. The van der Waals surface area contributed by atoms with Crippen molar-refractivity contribution >= 4 is 10.0 Å². The number of benzene rings is 1. The Bertz CT molecular complexity index is 548. The van der Waals surface area contributed by atoms with Gasteiger partial charge in [0.15, 0.2) is 0 Å². The molecule has 0 heterocycles. The predicted molar refractivity (Wildman–Crippen MR) is 79.6 cm³/mol. The molecule has 1 aliphatic rings. The molecule has 5 heteroatoms. The Morgan fingerprint density at radius 1 is 1.25 bits per heavy atom. The van der Waals surface area contributed by atoms with E-state index in [0.29, 0.717) is 4.90 Å². The van der Waals surface area contributed by atoms with Crippen LogP contribution in [0.1, 0.15) is 44.6 Å². The van der Waals surface area contributed by atoms with Crippen molar-refractivity contribution in [1.29, 1.82) is 0 Å². The summed E-state index contributed by atoms with van der Waals surface area (Å²) in [5.74, 6) is 0.740. The number of aryl methyl sites for hydroxylation is 1. The second-order valence-electron chi connectivity index (χ2n) is 5.28. The third-order valence-electron chi connectivity index (χ3n) is 3.87. The highest BCUT2D eigenvalue weighted by Crippen LogP contribution is 2.24. The Morgan fingerprint density at radius 3 is 2.55 bits per heavy atom. The Kier molecular flexibility index (Phi) is 5.05. The number of ether oxygens (including phenoxy) is 1. The largest absolute Gasteiger partial charge is 0.496 e. The molecule has 2 rings (SSSR count). The van der Waals surface area contributed by atoms with Crippen LogP contribution >= 0.6 is 0 Å². The van der Waals surface area contributed by atoms with Gasteiger partial charge in [-0.05, 0) is 43.0 Å². The molecule has 0 radical (unpaired) electrons. The minimum atomic E-state index is -3.42. The highest BCUT2D eigenvalue weighted by Gasteiger charge is 2.22. The van der Waals surface area contributed by atoms with Crippen LogP contribution in [-0.2, 0) is 16.4 Å². The predicted octanol–water partition coefficient (Wildman–Crippen LogP) is 2.87. The standard InChI is InChI=1S/C15H23NO3S/c1-3-12-11-14(9-10-15(12)19-2)20(17,18)16-13-7-5-4-6-8-13/h9-11,13,16H,3-8H2,1-2H3. The quantitative estimate of drug-likeness (QED) is 0.909. The number of rotatable bonds is 5. The van der Waals surface area contributed by atoms with Crippen molar-refractivity contribution in [2.24, 2.45) is 0 Å². The molecule has 1 aromatic carbocycles. The van der Waals surface area contributed by atoms with Crippen molar-refractivity contribution in [3.63, 3.8) is 0 Å². The van der Waals surface area contributed by atoms with E-state index in [1.807, 2.05) is 6.92 Å². The van der Waals surface area contributed by atoms with E-state index < -0.39 is 10.0 Å². The van der Waals surface area contributed by atoms with E-state index >= 15 is 0 Å². The average molecular weight is 297 g/mol. The molecule has 0 amide bonds.